The van der Waals surface area contributed by atoms with E-state index in [1.54, 1.807) is 11.4 Å². The SMILES string of the molecule is CCc1cccc(NC(=O)Nc2csc(C)n2)n1. The van der Waals surface area contributed by atoms with Gasteiger partial charge in [-0.15, -0.1) is 11.3 Å². The van der Waals surface area contributed by atoms with Crippen LogP contribution in [0.3, 0.4) is 0 Å². The smallest absolute Gasteiger partial charge is 0.292 e. The molecule has 0 aliphatic carbocycles. The summed E-state index contributed by atoms with van der Waals surface area (Å²) in [6, 6.07) is 5.22. The van der Waals surface area contributed by atoms with Crippen LogP contribution in [0, 0.1) is 6.92 Å². The number of rotatable bonds is 3. The first-order valence-corrected chi connectivity index (χ1v) is 6.51. The van der Waals surface area contributed by atoms with Crippen molar-refractivity contribution in [2.75, 3.05) is 10.6 Å². The molecule has 0 atom stereocenters. The van der Waals surface area contributed by atoms with Crippen molar-refractivity contribution in [3.05, 3.63) is 34.3 Å². The second-order valence-electron chi connectivity index (χ2n) is 3.70. The van der Waals surface area contributed by atoms with Crippen molar-refractivity contribution in [1.82, 2.24) is 9.97 Å². The van der Waals surface area contributed by atoms with Gasteiger partial charge in [0.1, 0.15) is 11.6 Å². The number of aryl methyl sites for hydroxylation is 2. The van der Waals surface area contributed by atoms with Crippen molar-refractivity contribution in [1.29, 1.82) is 0 Å². The first-order chi connectivity index (χ1) is 8.67. The zero-order valence-electron chi connectivity index (χ0n) is 10.2. The molecule has 0 aliphatic heterocycles. The molecule has 0 aromatic carbocycles. The maximum Gasteiger partial charge on any atom is 0.326 e. The molecule has 2 rings (SSSR count). The fraction of sp³-hybridized carbons (Fsp3) is 0.250. The number of aromatic nitrogens is 2. The molecule has 18 heavy (non-hydrogen) atoms. The standard InChI is InChI=1S/C12H14N4OS/c1-3-9-5-4-6-10(14-9)15-12(17)16-11-7-18-8(2)13-11/h4-7H,3H2,1-2H3,(H2,14,15,16,17). The molecular formula is C12H14N4OS. The molecular weight excluding hydrogens is 248 g/mol. The van der Waals surface area contributed by atoms with Gasteiger partial charge in [-0.05, 0) is 25.5 Å². The van der Waals surface area contributed by atoms with E-state index in [2.05, 4.69) is 20.6 Å². The Morgan fingerprint density at radius 3 is 2.72 bits per heavy atom. The first kappa shape index (κ1) is 12.5. The van der Waals surface area contributed by atoms with Crippen LogP contribution in [-0.2, 0) is 6.42 Å². The molecule has 0 bridgehead atoms. The van der Waals surface area contributed by atoms with Crippen LogP contribution < -0.4 is 10.6 Å². The second-order valence-corrected chi connectivity index (χ2v) is 4.76. The Hall–Kier alpha value is -1.95. The van der Waals surface area contributed by atoms with E-state index in [9.17, 15) is 4.79 Å². The van der Waals surface area contributed by atoms with Crippen LogP contribution >= 0.6 is 11.3 Å². The van der Waals surface area contributed by atoms with Crippen molar-refractivity contribution in [3.8, 4) is 0 Å². The van der Waals surface area contributed by atoms with Crippen molar-refractivity contribution in [2.24, 2.45) is 0 Å². The third-order valence-corrected chi connectivity index (χ3v) is 3.04. The summed E-state index contributed by atoms with van der Waals surface area (Å²) in [6.07, 6.45) is 0.836. The van der Waals surface area contributed by atoms with Gasteiger partial charge >= 0.3 is 6.03 Å². The molecule has 2 aromatic heterocycles. The van der Waals surface area contributed by atoms with Crippen LogP contribution in [0.2, 0.25) is 0 Å². The molecule has 5 nitrogen and oxygen atoms in total. The summed E-state index contributed by atoms with van der Waals surface area (Å²) in [5.41, 5.74) is 0.942. The molecule has 94 valence electrons. The van der Waals surface area contributed by atoms with E-state index >= 15 is 0 Å². The number of anilines is 2. The number of hydrogen-bond acceptors (Lipinski definition) is 4. The Balaban J connectivity index is 1.98. The number of hydrogen-bond donors (Lipinski definition) is 2. The van der Waals surface area contributed by atoms with Gasteiger partial charge in [0.25, 0.3) is 0 Å². The van der Waals surface area contributed by atoms with Crippen LogP contribution in [0.15, 0.2) is 23.6 Å². The number of pyridine rings is 1. The Morgan fingerprint density at radius 1 is 1.28 bits per heavy atom. The minimum atomic E-state index is -0.332. The third kappa shape index (κ3) is 3.27. The fourth-order valence-corrected chi connectivity index (χ4v) is 1.98. The summed E-state index contributed by atoms with van der Waals surface area (Å²) < 4.78 is 0. The molecule has 2 amide bonds. The average Bonchev–Trinajstić information content (AvgIpc) is 2.74. The monoisotopic (exact) mass is 262 g/mol. The Labute approximate surface area is 109 Å². The highest BCUT2D eigenvalue weighted by Gasteiger charge is 2.05. The maximum atomic E-state index is 11.7. The Bertz CT molecular complexity index is 553. The Morgan fingerprint density at radius 2 is 2.06 bits per heavy atom. The van der Waals surface area contributed by atoms with Gasteiger partial charge in [0, 0.05) is 11.1 Å². The van der Waals surface area contributed by atoms with E-state index in [1.165, 1.54) is 11.3 Å². The van der Waals surface area contributed by atoms with Crippen molar-refractivity contribution >= 4 is 29.0 Å². The lowest BCUT2D eigenvalue weighted by Gasteiger charge is -2.05. The number of urea groups is 1. The van der Waals surface area contributed by atoms with Crippen LogP contribution in [0.4, 0.5) is 16.4 Å². The average molecular weight is 262 g/mol. The molecule has 0 radical (unpaired) electrons. The molecule has 2 aromatic rings. The van der Waals surface area contributed by atoms with E-state index in [1.807, 2.05) is 26.0 Å². The molecule has 2 heterocycles. The predicted molar refractivity (Wildman–Crippen MR) is 73.1 cm³/mol. The van der Waals surface area contributed by atoms with E-state index in [0.717, 1.165) is 17.1 Å². The topological polar surface area (TPSA) is 66.9 Å². The molecule has 0 saturated heterocycles. The molecule has 2 N–H and O–H groups in total. The minimum absolute atomic E-state index is 0.332. The summed E-state index contributed by atoms with van der Waals surface area (Å²) in [5.74, 6) is 1.10. The second kappa shape index (κ2) is 5.59. The summed E-state index contributed by atoms with van der Waals surface area (Å²) >= 11 is 1.49. The lowest BCUT2D eigenvalue weighted by molar-refractivity contribution is 0.262. The number of thiazole rings is 1. The molecule has 6 heteroatoms. The van der Waals surface area contributed by atoms with Gasteiger partial charge in [-0.1, -0.05) is 13.0 Å². The van der Waals surface area contributed by atoms with Crippen LogP contribution in [0.5, 0.6) is 0 Å². The van der Waals surface area contributed by atoms with Gasteiger partial charge in [0.2, 0.25) is 0 Å². The van der Waals surface area contributed by atoms with Gasteiger partial charge in [0.15, 0.2) is 0 Å². The van der Waals surface area contributed by atoms with E-state index < -0.39 is 0 Å². The molecule has 0 fully saturated rings. The third-order valence-electron chi connectivity index (χ3n) is 2.27. The van der Waals surface area contributed by atoms with Gasteiger partial charge in [-0.3, -0.25) is 10.6 Å². The lowest BCUT2D eigenvalue weighted by Crippen LogP contribution is -2.20. The highest BCUT2D eigenvalue weighted by molar-refractivity contribution is 7.09. The first-order valence-electron chi connectivity index (χ1n) is 5.63. The van der Waals surface area contributed by atoms with E-state index in [-0.39, 0.29) is 6.03 Å². The van der Waals surface area contributed by atoms with Crippen molar-refractivity contribution < 1.29 is 4.79 Å². The van der Waals surface area contributed by atoms with E-state index in [4.69, 9.17) is 0 Å². The number of nitrogens with zero attached hydrogens (tertiary/aromatic N) is 2. The fourth-order valence-electron chi connectivity index (χ4n) is 1.43. The van der Waals surface area contributed by atoms with Crippen LogP contribution in [0.1, 0.15) is 17.6 Å². The number of carbonyl (C=O) groups is 1. The summed E-state index contributed by atoms with van der Waals surface area (Å²) in [4.78, 5) is 20.1. The van der Waals surface area contributed by atoms with Gasteiger partial charge in [-0.25, -0.2) is 14.8 Å². The Kier molecular flexibility index (Phi) is 3.88. The zero-order chi connectivity index (χ0) is 13.0. The highest BCUT2D eigenvalue weighted by atomic mass is 32.1. The zero-order valence-corrected chi connectivity index (χ0v) is 11.0. The minimum Gasteiger partial charge on any atom is -0.292 e. The van der Waals surface area contributed by atoms with Crippen LogP contribution in [-0.4, -0.2) is 16.0 Å². The van der Waals surface area contributed by atoms with Gasteiger partial charge in [-0.2, -0.15) is 0 Å². The van der Waals surface area contributed by atoms with Crippen LogP contribution in [0.25, 0.3) is 0 Å². The van der Waals surface area contributed by atoms with Crippen molar-refractivity contribution in [2.45, 2.75) is 20.3 Å². The summed E-state index contributed by atoms with van der Waals surface area (Å²) in [7, 11) is 0. The predicted octanol–water partition coefficient (Wildman–Crippen LogP) is 3.05. The lowest BCUT2D eigenvalue weighted by atomic mass is 10.3. The van der Waals surface area contributed by atoms with E-state index in [0.29, 0.717) is 11.6 Å². The number of amides is 2. The van der Waals surface area contributed by atoms with Gasteiger partial charge < -0.3 is 0 Å². The van der Waals surface area contributed by atoms with Gasteiger partial charge in [0.05, 0.1) is 5.01 Å². The molecule has 0 saturated carbocycles. The molecule has 0 aliphatic rings. The van der Waals surface area contributed by atoms with Crippen molar-refractivity contribution in [3.63, 3.8) is 0 Å². The number of carbonyl (C=O) groups excluding carboxylic acids is 1. The summed E-state index contributed by atoms with van der Waals surface area (Å²) in [5, 5.41) is 8.05. The summed E-state index contributed by atoms with van der Waals surface area (Å²) in [6.45, 7) is 3.91. The molecule has 0 unspecified atom stereocenters. The molecule has 0 spiro atoms. The highest BCUT2D eigenvalue weighted by Crippen LogP contribution is 2.13. The number of nitrogens with one attached hydrogen (secondary N) is 2. The maximum absolute atomic E-state index is 11.7. The normalized spacial score (nSPS) is 10.1. The largest absolute Gasteiger partial charge is 0.326 e. The quantitative estimate of drug-likeness (QED) is 0.893.